The highest BCUT2D eigenvalue weighted by molar-refractivity contribution is 5.83. The lowest BCUT2D eigenvalue weighted by Crippen LogP contribution is -2.10. The quantitative estimate of drug-likeness (QED) is 0.586. The average Bonchev–Trinajstić information content (AvgIpc) is 2.46. The third kappa shape index (κ3) is 2.44. The second-order valence-corrected chi connectivity index (χ2v) is 6.25. The predicted molar refractivity (Wildman–Crippen MR) is 85.9 cm³/mol. The number of hydrogen-bond acceptors (Lipinski definition) is 1. The number of para-hydroxylation sites is 1. The van der Waals surface area contributed by atoms with Crippen LogP contribution in [-0.4, -0.2) is 4.98 Å². The van der Waals surface area contributed by atoms with Crippen LogP contribution in [0.2, 0.25) is 0 Å². The van der Waals surface area contributed by atoms with Crippen molar-refractivity contribution in [3.63, 3.8) is 0 Å². The van der Waals surface area contributed by atoms with Gasteiger partial charge in [-0.2, -0.15) is 0 Å². The van der Waals surface area contributed by atoms with Gasteiger partial charge in [0.05, 0.1) is 5.52 Å². The first-order valence-corrected chi connectivity index (χ1v) is 7.00. The van der Waals surface area contributed by atoms with Crippen LogP contribution in [0.4, 0.5) is 0 Å². The predicted octanol–water partition coefficient (Wildman–Crippen LogP) is 5.20. The Morgan fingerprint density at radius 2 is 1.60 bits per heavy atom. The van der Waals surface area contributed by atoms with Crippen LogP contribution in [0.1, 0.15) is 26.3 Å². The summed E-state index contributed by atoms with van der Waals surface area (Å²) in [6, 6.07) is 19.2. The Hall–Kier alpha value is -2.15. The van der Waals surface area contributed by atoms with Crippen LogP contribution in [0.3, 0.4) is 0 Å². The fourth-order valence-corrected chi connectivity index (χ4v) is 2.39. The summed E-state index contributed by atoms with van der Waals surface area (Å²) in [5, 5.41) is 1.19. The zero-order chi connectivity index (χ0) is 14.2. The molecule has 2 aromatic carbocycles. The molecule has 1 aromatic heterocycles. The average molecular weight is 261 g/mol. The third-order valence-electron chi connectivity index (χ3n) is 3.65. The molecular formula is C19H19N. The normalized spacial score (nSPS) is 11.8. The standard InChI is InChI=1S/C19H19N/c1-19(2,3)17-9-6-8-14(12-17)16-11-15-7-4-5-10-18(15)20-13-16/h4-13H,1-3H3. The first kappa shape index (κ1) is 12.9. The van der Waals surface area contributed by atoms with Crippen molar-refractivity contribution in [2.45, 2.75) is 26.2 Å². The molecule has 0 aliphatic rings. The molecule has 100 valence electrons. The third-order valence-corrected chi connectivity index (χ3v) is 3.65. The molecule has 3 aromatic rings. The summed E-state index contributed by atoms with van der Waals surface area (Å²) in [5.74, 6) is 0. The molecule has 0 unspecified atom stereocenters. The van der Waals surface area contributed by atoms with E-state index in [1.54, 1.807) is 0 Å². The van der Waals surface area contributed by atoms with E-state index < -0.39 is 0 Å². The molecule has 20 heavy (non-hydrogen) atoms. The minimum atomic E-state index is 0.167. The van der Waals surface area contributed by atoms with Gasteiger partial charge in [0.25, 0.3) is 0 Å². The Bertz CT molecular complexity index is 751. The topological polar surface area (TPSA) is 12.9 Å². The van der Waals surface area contributed by atoms with Crippen molar-refractivity contribution < 1.29 is 0 Å². The van der Waals surface area contributed by atoms with Gasteiger partial charge in [0.1, 0.15) is 0 Å². The van der Waals surface area contributed by atoms with Crippen LogP contribution in [0.5, 0.6) is 0 Å². The van der Waals surface area contributed by atoms with Crippen molar-refractivity contribution in [3.8, 4) is 11.1 Å². The molecule has 0 spiro atoms. The van der Waals surface area contributed by atoms with Gasteiger partial charge in [0, 0.05) is 17.1 Å². The van der Waals surface area contributed by atoms with E-state index in [1.165, 1.54) is 22.1 Å². The molecule has 0 aliphatic heterocycles. The molecule has 1 heteroatoms. The number of rotatable bonds is 1. The SMILES string of the molecule is CC(C)(C)c1cccc(-c2cnc3ccccc3c2)c1. The van der Waals surface area contributed by atoms with Gasteiger partial charge < -0.3 is 0 Å². The van der Waals surface area contributed by atoms with E-state index in [4.69, 9.17) is 0 Å². The lowest BCUT2D eigenvalue weighted by Gasteiger charge is -2.19. The minimum absolute atomic E-state index is 0.167. The molecule has 0 fully saturated rings. The highest BCUT2D eigenvalue weighted by Gasteiger charge is 2.14. The lowest BCUT2D eigenvalue weighted by molar-refractivity contribution is 0.590. The molecule has 0 saturated carbocycles. The second-order valence-electron chi connectivity index (χ2n) is 6.25. The van der Waals surface area contributed by atoms with Gasteiger partial charge >= 0.3 is 0 Å². The van der Waals surface area contributed by atoms with Gasteiger partial charge in [-0.3, -0.25) is 4.98 Å². The van der Waals surface area contributed by atoms with Crippen LogP contribution in [-0.2, 0) is 5.41 Å². The molecule has 1 heterocycles. The Balaban J connectivity index is 2.11. The molecule has 0 radical (unpaired) electrons. The largest absolute Gasteiger partial charge is 0.256 e. The molecule has 0 N–H and O–H groups in total. The molecule has 0 saturated heterocycles. The number of hydrogen-bond donors (Lipinski definition) is 0. The molecule has 0 atom stereocenters. The maximum absolute atomic E-state index is 4.55. The first-order valence-electron chi connectivity index (χ1n) is 7.00. The lowest BCUT2D eigenvalue weighted by atomic mass is 9.85. The number of fused-ring (bicyclic) bond motifs is 1. The van der Waals surface area contributed by atoms with Crippen molar-refractivity contribution in [1.82, 2.24) is 4.98 Å². The van der Waals surface area contributed by atoms with Gasteiger partial charge in [0.15, 0.2) is 0 Å². The van der Waals surface area contributed by atoms with Crippen LogP contribution >= 0.6 is 0 Å². The van der Waals surface area contributed by atoms with Crippen LogP contribution in [0.25, 0.3) is 22.0 Å². The van der Waals surface area contributed by atoms with Crippen molar-refractivity contribution in [2.75, 3.05) is 0 Å². The van der Waals surface area contributed by atoms with E-state index in [-0.39, 0.29) is 5.41 Å². The van der Waals surface area contributed by atoms with E-state index in [1.807, 2.05) is 18.3 Å². The molecule has 0 aliphatic carbocycles. The molecule has 0 bridgehead atoms. The van der Waals surface area contributed by atoms with Gasteiger partial charge in [-0.05, 0) is 28.7 Å². The van der Waals surface area contributed by atoms with E-state index in [2.05, 4.69) is 68.2 Å². The number of benzene rings is 2. The molecule has 0 amide bonds. The maximum Gasteiger partial charge on any atom is 0.0702 e. The second kappa shape index (κ2) is 4.75. The zero-order valence-electron chi connectivity index (χ0n) is 12.2. The summed E-state index contributed by atoms with van der Waals surface area (Å²) in [4.78, 5) is 4.55. The summed E-state index contributed by atoms with van der Waals surface area (Å²) in [6.45, 7) is 6.72. The maximum atomic E-state index is 4.55. The van der Waals surface area contributed by atoms with E-state index in [0.29, 0.717) is 0 Å². The smallest absolute Gasteiger partial charge is 0.0702 e. The molecule has 1 nitrogen and oxygen atoms in total. The van der Waals surface area contributed by atoms with E-state index in [0.717, 1.165) is 5.52 Å². The van der Waals surface area contributed by atoms with E-state index in [9.17, 15) is 0 Å². The molecule has 3 rings (SSSR count). The molecular weight excluding hydrogens is 242 g/mol. The number of aromatic nitrogens is 1. The monoisotopic (exact) mass is 261 g/mol. The van der Waals surface area contributed by atoms with Crippen LogP contribution < -0.4 is 0 Å². The van der Waals surface area contributed by atoms with Gasteiger partial charge in [-0.1, -0.05) is 63.2 Å². The zero-order valence-corrected chi connectivity index (χ0v) is 12.2. The minimum Gasteiger partial charge on any atom is -0.256 e. The van der Waals surface area contributed by atoms with Gasteiger partial charge in [0.2, 0.25) is 0 Å². The number of pyridine rings is 1. The highest BCUT2D eigenvalue weighted by Crippen LogP contribution is 2.28. The summed E-state index contributed by atoms with van der Waals surface area (Å²) in [7, 11) is 0. The Morgan fingerprint density at radius 3 is 2.40 bits per heavy atom. The van der Waals surface area contributed by atoms with Crippen molar-refractivity contribution in [1.29, 1.82) is 0 Å². The summed E-state index contributed by atoms with van der Waals surface area (Å²) >= 11 is 0. The Labute approximate surface area is 120 Å². The van der Waals surface area contributed by atoms with Gasteiger partial charge in [-0.25, -0.2) is 0 Å². The number of nitrogens with zero attached hydrogens (tertiary/aromatic N) is 1. The Morgan fingerprint density at radius 1 is 0.800 bits per heavy atom. The summed E-state index contributed by atoms with van der Waals surface area (Å²) in [6.07, 6.45) is 1.96. The summed E-state index contributed by atoms with van der Waals surface area (Å²) in [5.41, 5.74) is 4.97. The van der Waals surface area contributed by atoms with Gasteiger partial charge in [-0.15, -0.1) is 0 Å². The van der Waals surface area contributed by atoms with Crippen molar-refractivity contribution >= 4 is 10.9 Å². The fourth-order valence-electron chi connectivity index (χ4n) is 2.39. The fraction of sp³-hybridized carbons (Fsp3) is 0.211. The summed E-state index contributed by atoms with van der Waals surface area (Å²) < 4.78 is 0. The Kier molecular flexibility index (Phi) is 3.06. The first-order chi connectivity index (χ1) is 9.54. The van der Waals surface area contributed by atoms with Crippen LogP contribution in [0.15, 0.2) is 60.8 Å². The van der Waals surface area contributed by atoms with Crippen molar-refractivity contribution in [2.24, 2.45) is 0 Å². The highest BCUT2D eigenvalue weighted by atomic mass is 14.6. The van der Waals surface area contributed by atoms with Crippen molar-refractivity contribution in [3.05, 3.63) is 66.4 Å². The van der Waals surface area contributed by atoms with E-state index >= 15 is 0 Å². The van der Waals surface area contributed by atoms with Crippen LogP contribution in [0, 0.1) is 0 Å².